The number of hydrogen-bond donors (Lipinski definition) is 0. The van der Waals surface area contributed by atoms with Gasteiger partial charge in [-0.3, -0.25) is 4.79 Å². The van der Waals surface area contributed by atoms with E-state index in [1.54, 1.807) is 6.07 Å². The molecule has 0 bridgehead atoms. The molecule has 1 aromatic rings. The Morgan fingerprint density at radius 2 is 1.87 bits per heavy atom. The van der Waals surface area contributed by atoms with Gasteiger partial charge in [0.15, 0.2) is 0 Å². The lowest BCUT2D eigenvalue weighted by Crippen LogP contribution is -2.53. The van der Waals surface area contributed by atoms with E-state index in [4.69, 9.17) is 14.4 Å². The Morgan fingerprint density at radius 1 is 1.16 bits per heavy atom. The molecule has 31 heavy (non-hydrogen) atoms. The number of ether oxygens (including phenoxy) is 1. The Morgan fingerprint density at radius 3 is 2.52 bits per heavy atom. The van der Waals surface area contributed by atoms with Crippen molar-refractivity contribution < 1.29 is 29.4 Å². The fourth-order valence-corrected chi connectivity index (χ4v) is 6.65. The van der Waals surface area contributed by atoms with Gasteiger partial charge in [0, 0.05) is 12.8 Å². The van der Waals surface area contributed by atoms with Crippen LogP contribution in [0.4, 0.5) is 0 Å². The molecule has 0 aromatic heterocycles. The SMILES string of the molecule is CC(=O)Oc1ccc2c(c1)C[C@@H](C)[C@@H]1[C@@H]2[C@@H](O[N+](=O)[O-])C[C@]2(C)[C@@H](O[N+](=O)[O-])CC[C@@H]12. The van der Waals surface area contributed by atoms with Crippen LogP contribution in [0.2, 0.25) is 0 Å². The zero-order chi connectivity index (χ0) is 22.5. The summed E-state index contributed by atoms with van der Waals surface area (Å²) in [5.74, 6) is 0.184. The fraction of sp³-hybridized carbons (Fsp3) is 0.667. The third-order valence-electron chi connectivity index (χ3n) is 7.61. The molecule has 168 valence electrons. The summed E-state index contributed by atoms with van der Waals surface area (Å²) < 4.78 is 5.22. The molecule has 2 saturated carbocycles. The van der Waals surface area contributed by atoms with E-state index < -0.39 is 33.8 Å². The van der Waals surface area contributed by atoms with Crippen LogP contribution in [0.15, 0.2) is 18.2 Å². The molecule has 0 aliphatic heterocycles. The van der Waals surface area contributed by atoms with Crippen LogP contribution >= 0.6 is 0 Å². The molecule has 0 unspecified atom stereocenters. The number of benzene rings is 1. The zero-order valence-corrected chi connectivity index (χ0v) is 17.7. The maximum absolute atomic E-state index is 11.4. The first-order chi connectivity index (χ1) is 14.6. The largest absolute Gasteiger partial charge is 0.427 e. The maximum atomic E-state index is 11.4. The summed E-state index contributed by atoms with van der Waals surface area (Å²) in [5, 5.41) is 20.9. The Kier molecular flexibility index (Phi) is 5.26. The van der Waals surface area contributed by atoms with Crippen LogP contribution in [0.5, 0.6) is 5.75 Å². The van der Waals surface area contributed by atoms with Gasteiger partial charge in [0.2, 0.25) is 0 Å². The first kappa shape index (κ1) is 21.3. The van der Waals surface area contributed by atoms with E-state index in [-0.39, 0.29) is 23.7 Å². The summed E-state index contributed by atoms with van der Waals surface area (Å²) in [6, 6.07) is 5.40. The second-order valence-electron chi connectivity index (χ2n) is 9.32. The Labute approximate surface area is 179 Å². The van der Waals surface area contributed by atoms with Crippen molar-refractivity contribution in [3.8, 4) is 5.75 Å². The molecule has 1 aromatic carbocycles. The minimum atomic E-state index is -0.768. The predicted molar refractivity (Wildman–Crippen MR) is 106 cm³/mol. The second kappa shape index (κ2) is 7.65. The van der Waals surface area contributed by atoms with Gasteiger partial charge < -0.3 is 14.4 Å². The smallest absolute Gasteiger partial charge is 0.308 e. The van der Waals surface area contributed by atoms with E-state index in [1.165, 1.54) is 6.92 Å². The van der Waals surface area contributed by atoms with Crippen molar-refractivity contribution in [3.05, 3.63) is 49.6 Å². The number of hydrogen-bond acceptors (Lipinski definition) is 8. The predicted octanol–water partition coefficient (Wildman–Crippen LogP) is 3.48. The number of esters is 1. The van der Waals surface area contributed by atoms with Gasteiger partial charge >= 0.3 is 5.97 Å². The van der Waals surface area contributed by atoms with Gasteiger partial charge in [-0.05, 0) is 72.1 Å². The normalized spacial score (nSPS) is 35.8. The number of fused-ring (bicyclic) bond motifs is 5. The third kappa shape index (κ3) is 3.68. The molecule has 2 fully saturated rings. The van der Waals surface area contributed by atoms with E-state index >= 15 is 0 Å². The van der Waals surface area contributed by atoms with E-state index in [0.29, 0.717) is 18.6 Å². The average molecular weight is 434 g/mol. The molecular formula is C21H26N2O8. The average Bonchev–Trinajstić information content (AvgIpc) is 2.95. The molecule has 3 aliphatic carbocycles. The van der Waals surface area contributed by atoms with E-state index in [0.717, 1.165) is 24.0 Å². The fourth-order valence-electron chi connectivity index (χ4n) is 6.65. The lowest BCUT2D eigenvalue weighted by Gasteiger charge is -2.54. The van der Waals surface area contributed by atoms with E-state index in [1.807, 2.05) is 19.1 Å². The molecule has 0 heterocycles. The monoisotopic (exact) mass is 434 g/mol. The molecule has 0 amide bonds. The van der Waals surface area contributed by atoms with Gasteiger partial charge in [0.25, 0.3) is 10.2 Å². The molecule has 0 spiro atoms. The van der Waals surface area contributed by atoms with Gasteiger partial charge in [-0.15, -0.1) is 20.2 Å². The van der Waals surface area contributed by atoms with Crippen LogP contribution in [0.1, 0.15) is 57.1 Å². The summed E-state index contributed by atoms with van der Waals surface area (Å²) in [7, 11) is 0. The Bertz CT molecular complexity index is 921. The Balaban J connectivity index is 1.75. The summed E-state index contributed by atoms with van der Waals surface area (Å²) >= 11 is 0. The number of carbonyl (C=O) groups is 1. The lowest BCUT2D eigenvalue weighted by atomic mass is 9.52. The molecule has 0 saturated heterocycles. The molecule has 10 heteroatoms. The minimum Gasteiger partial charge on any atom is -0.427 e. The number of nitrogens with zero attached hydrogens (tertiary/aromatic N) is 2. The van der Waals surface area contributed by atoms with Gasteiger partial charge in [-0.25, -0.2) is 0 Å². The van der Waals surface area contributed by atoms with Crippen LogP contribution < -0.4 is 4.74 Å². The van der Waals surface area contributed by atoms with Gasteiger partial charge in [-0.1, -0.05) is 19.9 Å². The van der Waals surface area contributed by atoms with E-state index in [2.05, 4.69) is 6.92 Å². The summed E-state index contributed by atoms with van der Waals surface area (Å²) in [4.78, 5) is 44.0. The first-order valence-corrected chi connectivity index (χ1v) is 10.5. The van der Waals surface area contributed by atoms with Crippen LogP contribution in [-0.2, 0) is 20.9 Å². The van der Waals surface area contributed by atoms with Gasteiger partial charge in [0.1, 0.15) is 18.0 Å². The third-order valence-corrected chi connectivity index (χ3v) is 7.61. The number of carbonyl (C=O) groups excluding carboxylic acids is 1. The van der Waals surface area contributed by atoms with Crippen molar-refractivity contribution in [2.24, 2.45) is 23.2 Å². The quantitative estimate of drug-likeness (QED) is 0.298. The van der Waals surface area contributed by atoms with Crippen molar-refractivity contribution in [2.45, 2.75) is 64.6 Å². The van der Waals surface area contributed by atoms with Crippen LogP contribution in [0.3, 0.4) is 0 Å². The highest BCUT2D eigenvalue weighted by Gasteiger charge is 2.61. The number of rotatable bonds is 5. The highest BCUT2D eigenvalue weighted by molar-refractivity contribution is 5.69. The van der Waals surface area contributed by atoms with E-state index in [9.17, 15) is 25.0 Å². The highest BCUT2D eigenvalue weighted by Crippen LogP contribution is 2.63. The van der Waals surface area contributed by atoms with Crippen molar-refractivity contribution >= 4 is 5.97 Å². The van der Waals surface area contributed by atoms with Gasteiger partial charge in [-0.2, -0.15) is 0 Å². The second-order valence-corrected chi connectivity index (χ2v) is 9.32. The van der Waals surface area contributed by atoms with Crippen molar-refractivity contribution in [1.82, 2.24) is 0 Å². The van der Waals surface area contributed by atoms with Crippen molar-refractivity contribution in [2.75, 3.05) is 0 Å². The molecule has 3 aliphatic rings. The molecular weight excluding hydrogens is 408 g/mol. The Hall–Kier alpha value is -2.91. The lowest BCUT2D eigenvalue weighted by molar-refractivity contribution is -0.777. The maximum Gasteiger partial charge on any atom is 0.308 e. The van der Waals surface area contributed by atoms with Gasteiger partial charge in [0.05, 0.1) is 0 Å². The topological polar surface area (TPSA) is 131 Å². The molecule has 4 rings (SSSR count). The summed E-state index contributed by atoms with van der Waals surface area (Å²) in [5.41, 5.74) is 1.37. The molecule has 7 atom stereocenters. The standard InChI is InChI=1S/C21H26N2O8/c1-11-8-13-9-14(29-12(2)24)4-5-15(13)20-17(30-22(25)26)10-21(3)16(19(11)20)6-7-18(21)31-23(27)28/h4-5,9,11,16-20H,6-8,10H2,1-3H3/t11-,16+,17+,18+,19+,20+,21+/m1/s1. The van der Waals surface area contributed by atoms with Crippen molar-refractivity contribution in [3.63, 3.8) is 0 Å². The summed E-state index contributed by atoms with van der Waals surface area (Å²) in [6.07, 6.45) is 0.999. The van der Waals surface area contributed by atoms with Crippen LogP contribution in [-0.4, -0.2) is 28.4 Å². The first-order valence-electron chi connectivity index (χ1n) is 10.5. The molecule has 0 radical (unpaired) electrons. The molecule has 0 N–H and O–H groups in total. The minimum absolute atomic E-state index is 0.0659. The summed E-state index contributed by atoms with van der Waals surface area (Å²) in [6.45, 7) is 5.39. The van der Waals surface area contributed by atoms with Crippen LogP contribution in [0.25, 0.3) is 0 Å². The highest BCUT2D eigenvalue weighted by atomic mass is 17.0. The molecule has 10 nitrogen and oxygen atoms in total. The zero-order valence-electron chi connectivity index (χ0n) is 17.7. The van der Waals surface area contributed by atoms with Crippen LogP contribution in [0, 0.1) is 43.4 Å². The van der Waals surface area contributed by atoms with Crippen molar-refractivity contribution in [1.29, 1.82) is 0 Å².